The summed E-state index contributed by atoms with van der Waals surface area (Å²) >= 11 is 6.00. The molecular weight excluding hydrogens is 378 g/mol. The number of methoxy groups -OCH3 is 1. The average molecular weight is 391 g/mol. The molecule has 3 rings (SSSR count). The summed E-state index contributed by atoms with van der Waals surface area (Å²) in [6.07, 6.45) is 0. The van der Waals surface area contributed by atoms with E-state index in [0.29, 0.717) is 11.4 Å². The van der Waals surface area contributed by atoms with Crippen molar-refractivity contribution in [2.75, 3.05) is 12.4 Å². The zero-order valence-corrected chi connectivity index (χ0v) is 14.6. The molecule has 2 aromatic carbocycles. The lowest BCUT2D eigenvalue weighted by molar-refractivity contribution is -0.672. The predicted molar refractivity (Wildman–Crippen MR) is 93.8 cm³/mol. The van der Waals surface area contributed by atoms with Crippen molar-refractivity contribution in [3.8, 4) is 11.4 Å². The Bertz CT molecular complexity index is 1070. The zero-order valence-electron chi connectivity index (χ0n) is 13.9. The van der Waals surface area contributed by atoms with Gasteiger partial charge in [0.1, 0.15) is 5.75 Å². The minimum atomic E-state index is -1.18. The van der Waals surface area contributed by atoms with Crippen molar-refractivity contribution in [1.29, 1.82) is 0 Å². The van der Waals surface area contributed by atoms with Crippen molar-refractivity contribution in [1.82, 2.24) is 5.27 Å². The predicted octanol–water partition coefficient (Wildman–Crippen LogP) is 1.86. The Hall–Kier alpha value is -3.59. The van der Waals surface area contributed by atoms with Gasteiger partial charge >= 0.3 is 23.2 Å². The number of amides is 1. The van der Waals surface area contributed by atoms with E-state index < -0.39 is 17.5 Å². The van der Waals surface area contributed by atoms with E-state index >= 15 is 0 Å². The molecular formula is C17H13ClN3O6+. The van der Waals surface area contributed by atoms with Crippen molar-refractivity contribution < 1.29 is 28.6 Å². The second-order valence-electron chi connectivity index (χ2n) is 5.32. The molecule has 0 radical (unpaired) electrons. The molecule has 138 valence electrons. The summed E-state index contributed by atoms with van der Waals surface area (Å²) < 4.78 is 10.9. The van der Waals surface area contributed by atoms with Gasteiger partial charge in [0.2, 0.25) is 5.69 Å². The Morgan fingerprint density at radius 2 is 1.93 bits per heavy atom. The van der Waals surface area contributed by atoms with Gasteiger partial charge in [0.25, 0.3) is 0 Å². The van der Waals surface area contributed by atoms with Gasteiger partial charge in [-0.3, -0.25) is 9.32 Å². The van der Waals surface area contributed by atoms with Crippen molar-refractivity contribution >= 4 is 29.2 Å². The normalized spacial score (nSPS) is 10.4. The molecule has 1 amide bonds. The molecule has 0 aliphatic heterocycles. The molecule has 1 heterocycles. The van der Waals surface area contributed by atoms with Crippen molar-refractivity contribution in [2.24, 2.45) is 0 Å². The van der Waals surface area contributed by atoms with Crippen LogP contribution in [0, 0.1) is 0 Å². The van der Waals surface area contributed by atoms with Gasteiger partial charge in [0.15, 0.2) is 0 Å². The standard InChI is InChI=1S/C17H12ClN3O6/c1-26-11-5-3-10(4-6-11)21-14(17(25)27-20-21)15(22)19-13-8-9(16(23)24)2-7-12(13)18/h2-8H,1H3,(H2-,19,20,22,23,24,25)/p+1. The highest BCUT2D eigenvalue weighted by Crippen LogP contribution is 2.23. The Kier molecular flexibility index (Phi) is 4.95. The van der Waals surface area contributed by atoms with Gasteiger partial charge in [-0.15, -0.1) is 0 Å². The number of carboxylic acids is 1. The van der Waals surface area contributed by atoms with Crippen LogP contribution in [0.25, 0.3) is 5.69 Å². The molecule has 0 saturated heterocycles. The average Bonchev–Trinajstić information content (AvgIpc) is 3.05. The number of ether oxygens (including phenoxy) is 1. The molecule has 27 heavy (non-hydrogen) atoms. The summed E-state index contributed by atoms with van der Waals surface area (Å²) in [5.41, 5.74) is -0.842. The number of carboxylic acid groups (broad SMARTS) is 1. The lowest BCUT2D eigenvalue weighted by Crippen LogP contribution is -2.42. The van der Waals surface area contributed by atoms with E-state index in [-0.39, 0.29) is 22.0 Å². The van der Waals surface area contributed by atoms with E-state index in [1.54, 1.807) is 24.3 Å². The molecule has 0 unspecified atom stereocenters. The summed E-state index contributed by atoms with van der Waals surface area (Å²) in [7, 11) is 1.51. The van der Waals surface area contributed by atoms with Gasteiger partial charge in [0.05, 0.1) is 23.4 Å². The minimum Gasteiger partial charge on any atom is -0.497 e. The van der Waals surface area contributed by atoms with Gasteiger partial charge in [-0.05, 0) is 40.3 Å². The summed E-state index contributed by atoms with van der Waals surface area (Å²) in [5.74, 6) is -1.42. The number of carbonyl (C=O) groups excluding carboxylic acids is 1. The number of benzene rings is 2. The summed E-state index contributed by atoms with van der Waals surface area (Å²) in [6, 6.07) is 10.3. The van der Waals surface area contributed by atoms with Crippen LogP contribution < -0.4 is 20.4 Å². The first-order chi connectivity index (χ1) is 12.9. The van der Waals surface area contributed by atoms with Crippen LogP contribution in [0.3, 0.4) is 0 Å². The van der Waals surface area contributed by atoms with Crippen LogP contribution in [-0.2, 0) is 0 Å². The van der Waals surface area contributed by atoms with E-state index in [9.17, 15) is 14.4 Å². The first kappa shape index (κ1) is 18.2. The van der Waals surface area contributed by atoms with Crippen LogP contribution in [0.1, 0.15) is 20.8 Å². The number of anilines is 1. The van der Waals surface area contributed by atoms with Gasteiger partial charge in [-0.2, -0.15) is 0 Å². The molecule has 9 nitrogen and oxygen atoms in total. The third-order valence-corrected chi connectivity index (χ3v) is 3.98. The number of H-pyrrole nitrogens is 1. The highest BCUT2D eigenvalue weighted by molar-refractivity contribution is 6.34. The number of aromatic amines is 1. The highest BCUT2D eigenvalue weighted by atomic mass is 35.5. The van der Waals surface area contributed by atoms with Crippen molar-refractivity contribution in [3.63, 3.8) is 0 Å². The largest absolute Gasteiger partial charge is 0.497 e. The van der Waals surface area contributed by atoms with Gasteiger partial charge < -0.3 is 15.2 Å². The molecule has 0 aliphatic carbocycles. The topological polar surface area (TPSA) is 126 Å². The number of halogens is 1. The molecule has 0 bridgehead atoms. The number of carbonyl (C=O) groups is 2. The van der Waals surface area contributed by atoms with E-state index in [1.165, 1.54) is 25.3 Å². The SMILES string of the molecule is COc1ccc(-[n+]2[nH]oc(=O)c2C(=O)Nc2cc(C(=O)O)ccc2Cl)cc1. The molecule has 3 N–H and O–H groups in total. The Balaban J connectivity index is 1.96. The molecule has 0 saturated carbocycles. The first-order valence-corrected chi connectivity index (χ1v) is 7.90. The Morgan fingerprint density at radius 1 is 1.22 bits per heavy atom. The van der Waals surface area contributed by atoms with E-state index in [0.717, 1.165) is 4.68 Å². The number of nitrogens with one attached hydrogen (secondary N) is 2. The maximum atomic E-state index is 12.6. The number of aromatic nitrogens is 2. The molecule has 0 aliphatic rings. The van der Waals surface area contributed by atoms with Crippen LogP contribution in [0.2, 0.25) is 5.02 Å². The quantitative estimate of drug-likeness (QED) is 0.571. The fourth-order valence-corrected chi connectivity index (χ4v) is 2.48. The van der Waals surface area contributed by atoms with Crippen LogP contribution in [-0.4, -0.2) is 29.4 Å². The van der Waals surface area contributed by atoms with Gasteiger partial charge in [-0.25, -0.2) is 9.59 Å². The van der Waals surface area contributed by atoms with Crippen molar-refractivity contribution in [3.05, 3.63) is 69.2 Å². The number of hydrogen-bond acceptors (Lipinski definition) is 5. The Labute approximate surface area is 156 Å². The monoisotopic (exact) mass is 390 g/mol. The summed E-state index contributed by atoms with van der Waals surface area (Å²) in [4.78, 5) is 35.7. The molecule has 0 spiro atoms. The van der Waals surface area contributed by atoms with E-state index in [1.807, 2.05) is 0 Å². The lowest BCUT2D eigenvalue weighted by atomic mass is 10.2. The first-order valence-electron chi connectivity index (χ1n) is 7.53. The molecule has 10 heteroatoms. The number of nitrogens with zero attached hydrogens (tertiary/aromatic N) is 1. The molecule has 0 fully saturated rings. The third kappa shape index (κ3) is 3.67. The van der Waals surface area contributed by atoms with E-state index in [4.69, 9.17) is 26.0 Å². The third-order valence-electron chi connectivity index (χ3n) is 3.65. The smallest absolute Gasteiger partial charge is 0.441 e. The second-order valence-corrected chi connectivity index (χ2v) is 5.72. The molecule has 3 aromatic rings. The maximum Gasteiger partial charge on any atom is 0.441 e. The van der Waals surface area contributed by atoms with Gasteiger partial charge in [0, 0.05) is 12.1 Å². The fraction of sp³-hybridized carbons (Fsp3) is 0.0588. The van der Waals surface area contributed by atoms with Crippen LogP contribution in [0.15, 0.2) is 51.8 Å². The second kappa shape index (κ2) is 7.34. The van der Waals surface area contributed by atoms with E-state index in [2.05, 4.69) is 10.6 Å². The highest BCUT2D eigenvalue weighted by Gasteiger charge is 2.31. The summed E-state index contributed by atoms with van der Waals surface area (Å²) in [5, 5.41) is 13.9. The van der Waals surface area contributed by atoms with Gasteiger partial charge in [-0.1, -0.05) is 11.6 Å². The zero-order chi connectivity index (χ0) is 19.6. The molecule has 0 atom stereocenters. The fourth-order valence-electron chi connectivity index (χ4n) is 2.32. The van der Waals surface area contributed by atoms with Crippen LogP contribution >= 0.6 is 11.6 Å². The maximum absolute atomic E-state index is 12.6. The minimum absolute atomic E-state index is 0.0449. The Morgan fingerprint density at radius 3 is 2.56 bits per heavy atom. The number of rotatable bonds is 5. The summed E-state index contributed by atoms with van der Waals surface area (Å²) in [6.45, 7) is 0. The van der Waals surface area contributed by atoms with Crippen molar-refractivity contribution in [2.45, 2.75) is 0 Å². The number of hydrogen-bond donors (Lipinski definition) is 3. The van der Waals surface area contributed by atoms with Crippen LogP contribution in [0.4, 0.5) is 5.69 Å². The lowest BCUT2D eigenvalue weighted by Gasteiger charge is -2.05. The molecule has 1 aromatic heterocycles. The van der Waals surface area contributed by atoms with Crippen LogP contribution in [0.5, 0.6) is 5.75 Å². The number of aromatic carboxylic acids is 1.